The largest absolute Gasteiger partial charge is 0.493 e. The van der Waals surface area contributed by atoms with Crippen LogP contribution in [0, 0.1) is 0 Å². The zero-order valence-electron chi connectivity index (χ0n) is 24.4. The van der Waals surface area contributed by atoms with E-state index in [1.807, 2.05) is 60.7 Å². The molecule has 1 aromatic heterocycles. The van der Waals surface area contributed by atoms with Gasteiger partial charge in [0, 0.05) is 19.2 Å². The lowest BCUT2D eigenvalue weighted by Crippen LogP contribution is -2.50. The molecule has 1 fully saturated rings. The van der Waals surface area contributed by atoms with Crippen LogP contribution in [0.25, 0.3) is 0 Å². The van der Waals surface area contributed by atoms with Crippen molar-refractivity contribution in [2.75, 3.05) is 13.9 Å². The van der Waals surface area contributed by atoms with Gasteiger partial charge in [0.15, 0.2) is 23.3 Å². The van der Waals surface area contributed by atoms with Crippen LogP contribution in [0.4, 0.5) is 0 Å². The summed E-state index contributed by atoms with van der Waals surface area (Å²) in [6.45, 7) is 2.53. The van der Waals surface area contributed by atoms with Gasteiger partial charge >= 0.3 is 11.9 Å². The molecule has 0 spiro atoms. The van der Waals surface area contributed by atoms with Crippen molar-refractivity contribution in [1.29, 1.82) is 0 Å². The second-order valence-corrected chi connectivity index (χ2v) is 9.91. The van der Waals surface area contributed by atoms with Crippen molar-refractivity contribution in [3.8, 4) is 23.0 Å². The van der Waals surface area contributed by atoms with Crippen LogP contribution in [-0.2, 0) is 19.1 Å². The third-order valence-corrected chi connectivity index (χ3v) is 6.77. The highest BCUT2D eigenvalue weighted by Crippen LogP contribution is 2.30. The van der Waals surface area contributed by atoms with Crippen LogP contribution < -0.4 is 24.3 Å². The Hall–Kier alpha value is -4.80. The minimum Gasteiger partial charge on any atom is -0.493 e. The van der Waals surface area contributed by atoms with E-state index in [0.29, 0.717) is 37.2 Å². The molecule has 1 amide bonds. The van der Waals surface area contributed by atoms with E-state index in [0.717, 1.165) is 0 Å². The molecule has 1 aliphatic heterocycles. The lowest BCUT2D eigenvalue weighted by Gasteiger charge is -2.34. The van der Waals surface area contributed by atoms with Crippen LogP contribution >= 0.6 is 0 Å². The SMILES string of the molecule is COc1ccnc(C(=O)N[C@H]2CCCC[C@H](Oc3ccccc3)[C@@H](Oc3ccccc3)[C@H](C)OC2=O)c1OCOC(C)=O. The van der Waals surface area contributed by atoms with Gasteiger partial charge in [0.25, 0.3) is 5.91 Å². The third kappa shape index (κ3) is 8.84. The topological polar surface area (TPSA) is 132 Å². The zero-order valence-corrected chi connectivity index (χ0v) is 24.4. The molecule has 4 rings (SSSR count). The van der Waals surface area contributed by atoms with Crippen LogP contribution in [0.15, 0.2) is 72.9 Å². The number of nitrogens with zero attached hydrogens (tertiary/aromatic N) is 1. The summed E-state index contributed by atoms with van der Waals surface area (Å²) >= 11 is 0. The number of benzene rings is 2. The molecule has 0 radical (unpaired) electrons. The number of ether oxygens (including phenoxy) is 6. The zero-order chi connectivity index (χ0) is 30.6. The van der Waals surface area contributed by atoms with Crippen molar-refractivity contribution < 1.29 is 42.8 Å². The van der Waals surface area contributed by atoms with Gasteiger partial charge in [-0.15, -0.1) is 0 Å². The van der Waals surface area contributed by atoms with Gasteiger partial charge in [0.2, 0.25) is 6.79 Å². The van der Waals surface area contributed by atoms with E-state index in [2.05, 4.69) is 10.3 Å². The van der Waals surface area contributed by atoms with Gasteiger partial charge in [-0.1, -0.05) is 42.8 Å². The molecule has 228 valence electrons. The summed E-state index contributed by atoms with van der Waals surface area (Å²) in [5.74, 6) is -0.365. The summed E-state index contributed by atoms with van der Waals surface area (Å²) in [4.78, 5) is 42.1. The van der Waals surface area contributed by atoms with E-state index in [1.165, 1.54) is 26.3 Å². The Morgan fingerprint density at radius 2 is 1.60 bits per heavy atom. The molecular formula is C32H36N2O9. The Balaban J connectivity index is 1.53. The van der Waals surface area contributed by atoms with Crippen molar-refractivity contribution in [3.05, 3.63) is 78.6 Å². The molecule has 3 aromatic rings. The lowest BCUT2D eigenvalue weighted by molar-refractivity contribution is -0.159. The van der Waals surface area contributed by atoms with Gasteiger partial charge in [0.1, 0.15) is 29.7 Å². The van der Waals surface area contributed by atoms with Crippen molar-refractivity contribution in [2.45, 2.75) is 63.9 Å². The predicted octanol–water partition coefficient (Wildman–Crippen LogP) is 4.49. The molecule has 0 unspecified atom stereocenters. The minimum atomic E-state index is -0.965. The van der Waals surface area contributed by atoms with E-state index in [4.69, 9.17) is 28.4 Å². The van der Waals surface area contributed by atoms with Gasteiger partial charge in [-0.25, -0.2) is 9.78 Å². The number of para-hydroxylation sites is 2. The number of rotatable bonds is 10. The molecule has 1 saturated heterocycles. The standard InChI is InChI=1S/C32H36N2O9/c1-21-29(43-24-14-8-5-9-15-24)27(42-23-12-6-4-7-13-23)17-11-10-16-25(32(37)41-21)34-31(36)28-30(40-20-39-22(2)35)26(38-3)18-19-33-28/h4-9,12-15,18-19,21,25,27,29H,10-11,16-17,20H2,1-3H3,(H,34,36)/t21-,25-,27-,29-/m0/s1. The highest BCUT2D eigenvalue weighted by Gasteiger charge is 2.36. The first kappa shape index (κ1) is 31.1. The molecular weight excluding hydrogens is 556 g/mol. The first-order chi connectivity index (χ1) is 20.9. The van der Waals surface area contributed by atoms with Crippen molar-refractivity contribution in [2.24, 2.45) is 0 Å². The van der Waals surface area contributed by atoms with Crippen molar-refractivity contribution in [3.63, 3.8) is 0 Å². The van der Waals surface area contributed by atoms with Crippen LogP contribution in [0.3, 0.4) is 0 Å². The van der Waals surface area contributed by atoms with E-state index in [1.54, 1.807) is 6.92 Å². The van der Waals surface area contributed by atoms with Gasteiger partial charge in [0.05, 0.1) is 7.11 Å². The normalized spacial score (nSPS) is 20.6. The molecule has 0 aliphatic carbocycles. The number of amides is 1. The molecule has 1 N–H and O–H groups in total. The highest BCUT2D eigenvalue weighted by molar-refractivity contribution is 5.98. The van der Waals surface area contributed by atoms with Crippen LogP contribution in [-0.4, -0.2) is 61.1 Å². The maximum Gasteiger partial charge on any atom is 0.329 e. The number of hydrogen-bond donors (Lipinski definition) is 1. The number of methoxy groups -OCH3 is 1. The monoisotopic (exact) mass is 592 g/mol. The summed E-state index contributed by atoms with van der Waals surface area (Å²) in [7, 11) is 1.40. The van der Waals surface area contributed by atoms with Crippen molar-refractivity contribution >= 4 is 17.8 Å². The molecule has 4 atom stereocenters. The number of nitrogens with one attached hydrogen (secondary N) is 1. The number of hydrogen-bond acceptors (Lipinski definition) is 10. The number of cyclic esters (lactones) is 1. The summed E-state index contributed by atoms with van der Waals surface area (Å²) < 4.78 is 34.2. The van der Waals surface area contributed by atoms with Gasteiger partial charge < -0.3 is 33.7 Å². The Bertz CT molecular complexity index is 1350. The van der Waals surface area contributed by atoms with Crippen LogP contribution in [0.1, 0.15) is 50.0 Å². The van der Waals surface area contributed by atoms with E-state index >= 15 is 0 Å². The van der Waals surface area contributed by atoms with Gasteiger partial charge in [-0.2, -0.15) is 0 Å². The summed E-state index contributed by atoms with van der Waals surface area (Å²) in [6.07, 6.45) is 1.86. The maximum atomic E-state index is 13.5. The fraction of sp³-hybridized carbons (Fsp3) is 0.375. The smallest absolute Gasteiger partial charge is 0.329 e. The fourth-order valence-electron chi connectivity index (χ4n) is 4.66. The van der Waals surface area contributed by atoms with E-state index < -0.39 is 49.0 Å². The summed E-state index contributed by atoms with van der Waals surface area (Å²) in [5.41, 5.74) is -0.133. The van der Waals surface area contributed by atoms with Crippen LogP contribution in [0.5, 0.6) is 23.0 Å². The molecule has 1 aliphatic rings. The first-order valence-electron chi connectivity index (χ1n) is 14.1. The molecule has 43 heavy (non-hydrogen) atoms. The highest BCUT2D eigenvalue weighted by atomic mass is 16.7. The second-order valence-electron chi connectivity index (χ2n) is 9.91. The number of carbonyl (C=O) groups excluding carboxylic acids is 3. The van der Waals surface area contributed by atoms with E-state index in [-0.39, 0.29) is 17.2 Å². The summed E-state index contributed by atoms with van der Waals surface area (Å²) in [6, 6.07) is 19.3. The Kier molecular flexibility index (Phi) is 11.2. The van der Waals surface area contributed by atoms with Crippen molar-refractivity contribution in [1.82, 2.24) is 10.3 Å². The fourth-order valence-corrected chi connectivity index (χ4v) is 4.66. The minimum absolute atomic E-state index is 0.0254. The molecule has 2 aromatic carbocycles. The maximum absolute atomic E-state index is 13.5. The van der Waals surface area contributed by atoms with Gasteiger partial charge in [-0.05, 0) is 50.5 Å². The molecule has 11 heteroatoms. The average Bonchev–Trinajstić information content (AvgIpc) is 3.01. The number of pyridine rings is 1. The number of carbonyl (C=O) groups is 3. The third-order valence-electron chi connectivity index (χ3n) is 6.77. The Labute approximate surface area is 250 Å². The Morgan fingerprint density at radius 3 is 2.26 bits per heavy atom. The number of esters is 2. The van der Waals surface area contributed by atoms with Crippen LogP contribution in [0.2, 0.25) is 0 Å². The van der Waals surface area contributed by atoms with Gasteiger partial charge in [-0.3, -0.25) is 9.59 Å². The second kappa shape index (κ2) is 15.4. The van der Waals surface area contributed by atoms with E-state index in [9.17, 15) is 14.4 Å². The average molecular weight is 593 g/mol. The predicted molar refractivity (Wildman–Crippen MR) is 155 cm³/mol. The number of aromatic nitrogens is 1. The first-order valence-corrected chi connectivity index (χ1v) is 14.1. The lowest BCUT2D eigenvalue weighted by atomic mass is 9.98. The molecule has 0 saturated carbocycles. The Morgan fingerprint density at radius 1 is 0.953 bits per heavy atom. The summed E-state index contributed by atoms with van der Waals surface area (Å²) in [5, 5.41) is 2.74. The molecule has 11 nitrogen and oxygen atoms in total. The molecule has 0 bridgehead atoms. The quantitative estimate of drug-likeness (QED) is 0.265. The molecule has 2 heterocycles.